The van der Waals surface area contributed by atoms with Crippen LogP contribution < -0.4 is 10.6 Å². The van der Waals surface area contributed by atoms with Crippen molar-refractivity contribution in [2.75, 3.05) is 26.2 Å². The molecular weight excluding hydrogens is 576 g/mol. The largest absolute Gasteiger partial charge is 0.460 e. The summed E-state index contributed by atoms with van der Waals surface area (Å²) in [7, 11) is 0. The number of hydrogen-bond donors (Lipinski definition) is 2. The second kappa shape index (κ2) is 16.0. The van der Waals surface area contributed by atoms with Crippen LogP contribution in [0.15, 0.2) is 0 Å². The molecule has 2 aliphatic rings. The number of piperidine rings is 2. The van der Waals surface area contributed by atoms with Gasteiger partial charge in [-0.1, -0.05) is 12.8 Å². The maximum Gasteiger partial charge on any atom is 0.307 e. The Morgan fingerprint density at radius 1 is 0.543 bits per heavy atom. The summed E-state index contributed by atoms with van der Waals surface area (Å²) in [5.41, 5.74) is -0.704. The zero-order valence-electron chi connectivity index (χ0n) is 32.6. The minimum Gasteiger partial charge on any atom is -0.460 e. The van der Waals surface area contributed by atoms with Gasteiger partial charge in [0, 0.05) is 47.3 Å². The molecule has 0 radical (unpaired) electrons. The molecule has 0 bridgehead atoms. The molecule has 0 saturated carbocycles. The number of carbonyl (C=O) groups excluding carboxylic acids is 2. The topological polar surface area (TPSA) is 83.1 Å². The second-order valence-corrected chi connectivity index (χ2v) is 19.1. The summed E-state index contributed by atoms with van der Waals surface area (Å²) in [5.74, 6) is -0.221. The molecule has 0 aromatic heterocycles. The predicted octanol–water partition coefficient (Wildman–Crippen LogP) is 7.23. The van der Waals surface area contributed by atoms with E-state index in [1.807, 2.05) is 41.5 Å². The van der Waals surface area contributed by atoms with E-state index in [2.05, 4.69) is 75.8 Å². The van der Waals surface area contributed by atoms with E-state index in [1.54, 1.807) is 0 Å². The summed E-state index contributed by atoms with van der Waals surface area (Å²) in [5, 5.41) is 7.63. The van der Waals surface area contributed by atoms with E-state index in [4.69, 9.17) is 9.47 Å². The number of carbonyl (C=O) groups is 2. The highest BCUT2D eigenvalue weighted by Crippen LogP contribution is 2.33. The standard InChI is InChI=1S/C38H74N4O4/c1-33(2,3)45-31(43)19-23-41(29-25-35(7,8)39-36(9,10)26-29)21-17-15-16-18-22-42(24-20-32(44)46-34(4,5)6)30-27-37(11,12)40-38(13,14)28-30/h29-30,39-40H,15-28H2,1-14H3. The van der Waals surface area contributed by atoms with Crippen LogP contribution in [0.2, 0.25) is 0 Å². The van der Waals surface area contributed by atoms with E-state index >= 15 is 0 Å². The first-order valence-electron chi connectivity index (χ1n) is 18.3. The molecule has 2 heterocycles. The summed E-state index contributed by atoms with van der Waals surface area (Å²) in [6, 6.07) is 0.868. The molecular formula is C38H74N4O4. The van der Waals surface area contributed by atoms with Gasteiger partial charge >= 0.3 is 11.9 Å². The Morgan fingerprint density at radius 2 is 0.826 bits per heavy atom. The molecule has 46 heavy (non-hydrogen) atoms. The molecule has 2 aliphatic heterocycles. The number of nitrogens with one attached hydrogen (secondary N) is 2. The lowest BCUT2D eigenvalue weighted by Gasteiger charge is -2.50. The van der Waals surface area contributed by atoms with Gasteiger partial charge in [-0.2, -0.15) is 0 Å². The molecule has 0 aromatic carbocycles. The Labute approximate surface area is 283 Å². The van der Waals surface area contributed by atoms with Gasteiger partial charge in [-0.25, -0.2) is 0 Å². The van der Waals surface area contributed by atoms with Crippen molar-refractivity contribution in [3.8, 4) is 0 Å². The fourth-order valence-corrected chi connectivity index (χ4v) is 8.25. The Balaban J connectivity index is 1.99. The average molecular weight is 651 g/mol. The van der Waals surface area contributed by atoms with Crippen molar-refractivity contribution in [2.24, 2.45) is 0 Å². The van der Waals surface area contributed by atoms with E-state index in [-0.39, 0.29) is 34.1 Å². The molecule has 270 valence electrons. The van der Waals surface area contributed by atoms with Crippen LogP contribution in [-0.2, 0) is 19.1 Å². The molecule has 0 amide bonds. The van der Waals surface area contributed by atoms with E-state index < -0.39 is 11.2 Å². The first-order valence-corrected chi connectivity index (χ1v) is 18.3. The summed E-state index contributed by atoms with van der Waals surface area (Å²) in [6.45, 7) is 33.5. The third kappa shape index (κ3) is 16.3. The maximum absolute atomic E-state index is 12.7. The minimum absolute atomic E-state index is 0.0527. The number of unbranched alkanes of at least 4 members (excludes halogenated alkanes) is 3. The van der Waals surface area contributed by atoms with Crippen LogP contribution in [0.1, 0.15) is 161 Å². The van der Waals surface area contributed by atoms with Gasteiger partial charge in [0.25, 0.3) is 0 Å². The van der Waals surface area contributed by atoms with Gasteiger partial charge in [0.1, 0.15) is 11.2 Å². The number of hydrogen-bond acceptors (Lipinski definition) is 8. The van der Waals surface area contributed by atoms with Crippen LogP contribution in [0.5, 0.6) is 0 Å². The Morgan fingerprint density at radius 3 is 1.09 bits per heavy atom. The number of ether oxygens (including phenoxy) is 2. The monoisotopic (exact) mass is 651 g/mol. The van der Waals surface area contributed by atoms with Crippen molar-refractivity contribution in [3.63, 3.8) is 0 Å². The highest BCUT2D eigenvalue weighted by atomic mass is 16.6. The van der Waals surface area contributed by atoms with Gasteiger partial charge in [-0.05, 0) is 149 Å². The van der Waals surface area contributed by atoms with Gasteiger partial charge in [0.2, 0.25) is 0 Å². The first kappa shape index (κ1) is 41.0. The molecule has 0 aliphatic carbocycles. The Kier molecular flexibility index (Phi) is 14.2. The van der Waals surface area contributed by atoms with Crippen molar-refractivity contribution in [1.82, 2.24) is 20.4 Å². The molecule has 8 nitrogen and oxygen atoms in total. The molecule has 2 N–H and O–H groups in total. The summed E-state index contributed by atoms with van der Waals surface area (Å²) < 4.78 is 11.3. The van der Waals surface area contributed by atoms with Crippen molar-refractivity contribution in [1.29, 1.82) is 0 Å². The third-order valence-electron chi connectivity index (χ3n) is 9.06. The molecule has 2 rings (SSSR count). The normalized spacial score (nSPS) is 21.8. The molecule has 2 fully saturated rings. The maximum atomic E-state index is 12.7. The fraction of sp³-hybridized carbons (Fsp3) is 0.947. The lowest BCUT2D eigenvalue weighted by atomic mass is 9.79. The van der Waals surface area contributed by atoms with E-state index in [0.29, 0.717) is 24.9 Å². The van der Waals surface area contributed by atoms with E-state index in [1.165, 1.54) is 0 Å². The summed E-state index contributed by atoms with van der Waals surface area (Å²) >= 11 is 0. The number of rotatable bonds is 15. The van der Waals surface area contributed by atoms with Crippen molar-refractivity contribution in [3.05, 3.63) is 0 Å². The van der Waals surface area contributed by atoms with Gasteiger partial charge in [0.05, 0.1) is 12.8 Å². The molecule has 0 unspecified atom stereocenters. The minimum atomic E-state index is -0.457. The second-order valence-electron chi connectivity index (χ2n) is 19.1. The average Bonchev–Trinajstić information content (AvgIpc) is 2.78. The molecule has 0 aromatic rings. The SMILES string of the molecule is CC1(C)CC(N(CCCCCCN(CCC(=O)OC(C)(C)C)C2CC(C)(C)NC(C)(C)C2)CCC(=O)OC(C)(C)C)CC(C)(C)N1. The Bertz CT molecular complexity index is 866. The molecule has 8 heteroatoms. The lowest BCUT2D eigenvalue weighted by Crippen LogP contribution is -2.62. The highest BCUT2D eigenvalue weighted by Gasteiger charge is 2.41. The highest BCUT2D eigenvalue weighted by molar-refractivity contribution is 5.70. The Hall–Kier alpha value is -1.22. The lowest BCUT2D eigenvalue weighted by molar-refractivity contribution is -0.156. The zero-order chi connectivity index (χ0) is 35.2. The van der Waals surface area contributed by atoms with Crippen LogP contribution in [0.3, 0.4) is 0 Å². The van der Waals surface area contributed by atoms with E-state index in [0.717, 1.165) is 77.5 Å². The molecule has 2 saturated heterocycles. The van der Waals surface area contributed by atoms with E-state index in [9.17, 15) is 9.59 Å². The summed E-state index contributed by atoms with van der Waals surface area (Å²) in [6.07, 6.45) is 9.68. The van der Waals surface area contributed by atoms with Crippen LogP contribution in [0.4, 0.5) is 0 Å². The van der Waals surface area contributed by atoms with Crippen LogP contribution in [-0.4, -0.2) is 93.4 Å². The summed E-state index contributed by atoms with van der Waals surface area (Å²) in [4.78, 5) is 30.5. The number of esters is 2. The van der Waals surface area contributed by atoms with Crippen LogP contribution in [0, 0.1) is 0 Å². The molecule has 0 spiro atoms. The first-order chi connectivity index (χ1) is 20.8. The van der Waals surface area contributed by atoms with Gasteiger partial charge in [0.15, 0.2) is 0 Å². The van der Waals surface area contributed by atoms with Crippen molar-refractivity contribution in [2.45, 2.75) is 207 Å². The van der Waals surface area contributed by atoms with Gasteiger partial charge in [-0.3, -0.25) is 19.4 Å². The quantitative estimate of drug-likeness (QED) is 0.142. The third-order valence-corrected chi connectivity index (χ3v) is 9.06. The molecule has 0 atom stereocenters. The van der Waals surface area contributed by atoms with Gasteiger partial charge in [-0.15, -0.1) is 0 Å². The van der Waals surface area contributed by atoms with Crippen molar-refractivity contribution < 1.29 is 19.1 Å². The van der Waals surface area contributed by atoms with Crippen molar-refractivity contribution >= 4 is 11.9 Å². The smallest absolute Gasteiger partial charge is 0.307 e. The van der Waals surface area contributed by atoms with Crippen LogP contribution >= 0.6 is 0 Å². The van der Waals surface area contributed by atoms with Crippen LogP contribution in [0.25, 0.3) is 0 Å². The fourth-order valence-electron chi connectivity index (χ4n) is 8.25. The van der Waals surface area contributed by atoms with Gasteiger partial charge < -0.3 is 20.1 Å². The zero-order valence-corrected chi connectivity index (χ0v) is 32.6. The number of nitrogens with zero attached hydrogens (tertiary/aromatic N) is 2. The predicted molar refractivity (Wildman–Crippen MR) is 191 cm³/mol.